The number of ether oxygens (including phenoxy) is 1. The third-order valence-electron chi connectivity index (χ3n) is 5.73. The lowest BCUT2D eigenvalue weighted by atomic mass is 10.1. The molecule has 2 fully saturated rings. The highest BCUT2D eigenvalue weighted by atomic mass is 19.1. The maximum Gasteiger partial charge on any atom is 0.254 e. The van der Waals surface area contributed by atoms with Crippen LogP contribution < -0.4 is 4.74 Å². The topological polar surface area (TPSA) is 32.8 Å². The number of benzene rings is 2. The van der Waals surface area contributed by atoms with E-state index in [0.29, 0.717) is 24.0 Å². The van der Waals surface area contributed by atoms with Gasteiger partial charge in [0.2, 0.25) is 0 Å². The van der Waals surface area contributed by atoms with E-state index in [4.69, 9.17) is 4.74 Å². The number of carbonyl (C=O) groups excluding carboxylic acids is 1. The highest BCUT2D eigenvalue weighted by Crippen LogP contribution is 2.23. The fourth-order valence-electron chi connectivity index (χ4n) is 4.16. The monoisotopic (exact) mass is 382 g/mol. The Hall–Kier alpha value is -2.40. The number of likely N-dealkylation sites (tertiary alicyclic amines) is 2. The van der Waals surface area contributed by atoms with E-state index < -0.39 is 0 Å². The number of hydrogen-bond acceptors (Lipinski definition) is 3. The largest absolute Gasteiger partial charge is 0.489 e. The third-order valence-corrected chi connectivity index (χ3v) is 5.73. The molecule has 0 N–H and O–H groups in total. The van der Waals surface area contributed by atoms with E-state index in [1.54, 1.807) is 12.1 Å². The molecule has 0 aromatic heterocycles. The summed E-state index contributed by atoms with van der Waals surface area (Å²) in [5, 5.41) is 0. The number of amides is 1. The minimum absolute atomic E-state index is 0.117. The van der Waals surface area contributed by atoms with E-state index >= 15 is 0 Å². The Morgan fingerprint density at radius 1 is 0.964 bits per heavy atom. The van der Waals surface area contributed by atoms with Crippen LogP contribution in [0.1, 0.15) is 41.6 Å². The van der Waals surface area contributed by atoms with Crippen molar-refractivity contribution >= 4 is 5.91 Å². The zero-order chi connectivity index (χ0) is 19.3. The molecule has 0 spiro atoms. The standard InChI is InChI=1S/C23H27FN2O2/c24-20-9-5-18(6-10-20)17-28-22-11-7-19(8-12-22)23(27)26-15-3-4-21(26)16-25-13-1-2-14-25/h5-12,21H,1-4,13-17H2/t21-/m0/s1. The van der Waals surface area contributed by atoms with Gasteiger partial charge in [0, 0.05) is 24.7 Å². The Bertz CT molecular complexity index is 785. The van der Waals surface area contributed by atoms with Gasteiger partial charge in [0.1, 0.15) is 18.2 Å². The lowest BCUT2D eigenvalue weighted by Gasteiger charge is -2.28. The minimum Gasteiger partial charge on any atom is -0.489 e. The molecule has 2 aromatic rings. The van der Waals surface area contributed by atoms with Gasteiger partial charge in [0.15, 0.2) is 0 Å². The molecule has 0 aliphatic carbocycles. The summed E-state index contributed by atoms with van der Waals surface area (Å²) in [5.41, 5.74) is 1.62. The molecular formula is C23H27FN2O2. The summed E-state index contributed by atoms with van der Waals surface area (Å²) in [4.78, 5) is 17.5. The van der Waals surface area contributed by atoms with Gasteiger partial charge in [0.05, 0.1) is 0 Å². The maximum atomic E-state index is 13.0. The van der Waals surface area contributed by atoms with Gasteiger partial charge in [-0.3, -0.25) is 4.79 Å². The van der Waals surface area contributed by atoms with E-state index in [1.807, 2.05) is 29.2 Å². The fourth-order valence-corrected chi connectivity index (χ4v) is 4.16. The van der Waals surface area contributed by atoms with Crippen LogP contribution in [0.3, 0.4) is 0 Å². The molecule has 2 aliphatic heterocycles. The smallest absolute Gasteiger partial charge is 0.254 e. The molecule has 0 radical (unpaired) electrons. The Morgan fingerprint density at radius 3 is 2.39 bits per heavy atom. The number of hydrogen-bond donors (Lipinski definition) is 0. The fraction of sp³-hybridized carbons (Fsp3) is 0.435. The molecular weight excluding hydrogens is 355 g/mol. The van der Waals surface area contributed by atoms with E-state index in [9.17, 15) is 9.18 Å². The molecule has 4 nitrogen and oxygen atoms in total. The second kappa shape index (κ2) is 8.74. The first-order chi connectivity index (χ1) is 13.7. The van der Waals surface area contributed by atoms with Crippen LogP contribution in [0.4, 0.5) is 4.39 Å². The summed E-state index contributed by atoms with van der Waals surface area (Å²) in [7, 11) is 0. The number of rotatable bonds is 6. The summed E-state index contributed by atoms with van der Waals surface area (Å²) in [6, 6.07) is 14.0. The minimum atomic E-state index is -0.253. The van der Waals surface area contributed by atoms with Crippen LogP contribution in [-0.2, 0) is 6.61 Å². The molecule has 148 valence electrons. The second-order valence-corrected chi connectivity index (χ2v) is 7.74. The third kappa shape index (κ3) is 4.53. The summed E-state index contributed by atoms with van der Waals surface area (Å²) >= 11 is 0. The molecule has 2 heterocycles. The summed E-state index contributed by atoms with van der Waals surface area (Å²) in [6.45, 7) is 4.56. The van der Waals surface area contributed by atoms with Crippen LogP contribution in [0.15, 0.2) is 48.5 Å². The second-order valence-electron chi connectivity index (χ2n) is 7.74. The number of carbonyl (C=O) groups is 1. The van der Waals surface area contributed by atoms with Gasteiger partial charge < -0.3 is 14.5 Å². The van der Waals surface area contributed by atoms with Crippen molar-refractivity contribution in [2.75, 3.05) is 26.2 Å². The van der Waals surface area contributed by atoms with Crippen molar-refractivity contribution in [3.63, 3.8) is 0 Å². The van der Waals surface area contributed by atoms with Crippen molar-refractivity contribution in [2.24, 2.45) is 0 Å². The van der Waals surface area contributed by atoms with Gasteiger partial charge in [-0.05, 0) is 80.7 Å². The zero-order valence-corrected chi connectivity index (χ0v) is 16.1. The number of halogens is 1. The average molecular weight is 382 g/mol. The normalized spacial score (nSPS) is 19.9. The van der Waals surface area contributed by atoms with E-state index in [-0.39, 0.29) is 11.7 Å². The molecule has 2 aliphatic rings. The van der Waals surface area contributed by atoms with Crippen molar-refractivity contribution < 1.29 is 13.9 Å². The average Bonchev–Trinajstić information content (AvgIpc) is 3.40. The zero-order valence-electron chi connectivity index (χ0n) is 16.1. The molecule has 5 heteroatoms. The Morgan fingerprint density at radius 2 is 1.68 bits per heavy atom. The van der Waals surface area contributed by atoms with E-state index in [0.717, 1.165) is 31.5 Å². The molecule has 0 saturated carbocycles. The molecule has 1 atom stereocenters. The van der Waals surface area contributed by atoms with Crippen molar-refractivity contribution in [1.29, 1.82) is 0 Å². The van der Waals surface area contributed by atoms with Crippen molar-refractivity contribution in [1.82, 2.24) is 9.80 Å². The maximum absolute atomic E-state index is 13.0. The summed E-state index contributed by atoms with van der Waals surface area (Å²) < 4.78 is 18.7. The predicted octanol–water partition coefficient (Wildman–Crippen LogP) is 4.11. The van der Waals surface area contributed by atoms with Crippen LogP contribution in [0, 0.1) is 5.82 Å². The molecule has 28 heavy (non-hydrogen) atoms. The van der Waals surface area contributed by atoms with Gasteiger partial charge >= 0.3 is 0 Å². The summed E-state index contributed by atoms with van der Waals surface area (Å²) in [6.07, 6.45) is 4.74. The van der Waals surface area contributed by atoms with Gasteiger partial charge in [-0.25, -0.2) is 4.39 Å². The van der Waals surface area contributed by atoms with Crippen molar-refractivity contribution in [3.05, 3.63) is 65.5 Å². The quantitative estimate of drug-likeness (QED) is 0.754. The first-order valence-electron chi connectivity index (χ1n) is 10.2. The lowest BCUT2D eigenvalue weighted by molar-refractivity contribution is 0.0708. The van der Waals surface area contributed by atoms with Gasteiger partial charge in [-0.15, -0.1) is 0 Å². The molecule has 2 saturated heterocycles. The Kier molecular flexibility index (Phi) is 5.91. The van der Waals surface area contributed by atoms with Crippen LogP contribution in [0.5, 0.6) is 5.75 Å². The SMILES string of the molecule is O=C(c1ccc(OCc2ccc(F)cc2)cc1)N1CCC[C@H]1CN1CCCC1. The Labute approximate surface area is 165 Å². The molecule has 0 unspecified atom stereocenters. The van der Waals surface area contributed by atoms with Crippen LogP contribution in [-0.4, -0.2) is 47.9 Å². The van der Waals surface area contributed by atoms with Crippen molar-refractivity contribution in [3.8, 4) is 5.75 Å². The first kappa shape index (κ1) is 18.9. The van der Waals surface area contributed by atoms with Crippen LogP contribution in [0.2, 0.25) is 0 Å². The van der Waals surface area contributed by atoms with Crippen molar-refractivity contribution in [2.45, 2.75) is 38.3 Å². The molecule has 4 rings (SSSR count). The molecule has 0 bridgehead atoms. The molecule has 2 aromatic carbocycles. The van der Waals surface area contributed by atoms with Gasteiger partial charge in [-0.1, -0.05) is 12.1 Å². The highest BCUT2D eigenvalue weighted by Gasteiger charge is 2.31. The summed E-state index contributed by atoms with van der Waals surface area (Å²) in [5.74, 6) is 0.569. The van der Waals surface area contributed by atoms with Crippen LogP contribution in [0.25, 0.3) is 0 Å². The predicted molar refractivity (Wildman–Crippen MR) is 107 cm³/mol. The Balaban J connectivity index is 1.34. The number of nitrogens with zero attached hydrogens (tertiary/aromatic N) is 2. The van der Waals surface area contributed by atoms with Crippen LogP contribution >= 0.6 is 0 Å². The lowest BCUT2D eigenvalue weighted by Crippen LogP contribution is -2.42. The molecule has 1 amide bonds. The van der Waals surface area contributed by atoms with E-state index in [2.05, 4.69) is 4.90 Å². The van der Waals surface area contributed by atoms with E-state index in [1.165, 1.54) is 38.1 Å². The van der Waals surface area contributed by atoms with Gasteiger partial charge in [-0.2, -0.15) is 0 Å². The highest BCUT2D eigenvalue weighted by molar-refractivity contribution is 5.94. The first-order valence-corrected chi connectivity index (χ1v) is 10.2. The van der Waals surface area contributed by atoms with Gasteiger partial charge in [0.25, 0.3) is 5.91 Å².